The van der Waals surface area contributed by atoms with E-state index in [-0.39, 0.29) is 0 Å². The van der Waals surface area contributed by atoms with Crippen molar-refractivity contribution < 1.29 is 4.74 Å². The normalized spacial score (nSPS) is 10.9. The van der Waals surface area contributed by atoms with Crippen LogP contribution in [0.15, 0.2) is 48.5 Å². The molecule has 0 aliphatic rings. The Bertz CT molecular complexity index is 726. The molecule has 2 nitrogen and oxygen atoms in total. The molecule has 3 aromatic rings. The second-order valence-corrected chi connectivity index (χ2v) is 4.76. The predicted octanol–water partition coefficient (Wildman–Crippen LogP) is 4.16. The Kier molecular flexibility index (Phi) is 2.79. The van der Waals surface area contributed by atoms with E-state index in [2.05, 4.69) is 48.9 Å². The molecule has 0 fully saturated rings. The van der Waals surface area contributed by atoms with E-state index in [9.17, 15) is 0 Å². The summed E-state index contributed by atoms with van der Waals surface area (Å²) in [5.74, 6) is 0.922. The molecule has 0 amide bonds. The number of hydrogen-bond donors (Lipinski definition) is 0. The zero-order valence-corrected chi connectivity index (χ0v) is 11.5. The summed E-state index contributed by atoms with van der Waals surface area (Å²) in [6, 6.07) is 16.7. The molecule has 0 aliphatic heterocycles. The van der Waals surface area contributed by atoms with E-state index in [1.54, 1.807) is 7.11 Å². The number of hydrogen-bond acceptors (Lipinski definition) is 1. The average Bonchev–Trinajstić information content (AvgIpc) is 2.72. The van der Waals surface area contributed by atoms with E-state index in [4.69, 9.17) is 4.74 Å². The highest BCUT2D eigenvalue weighted by atomic mass is 16.5. The van der Waals surface area contributed by atoms with Gasteiger partial charge < -0.3 is 9.30 Å². The Morgan fingerprint density at radius 1 is 0.947 bits per heavy atom. The van der Waals surface area contributed by atoms with Crippen LogP contribution in [0.1, 0.15) is 5.56 Å². The first-order chi connectivity index (χ1) is 9.24. The molecule has 0 aliphatic carbocycles. The highest BCUT2D eigenvalue weighted by molar-refractivity contribution is 5.95. The van der Waals surface area contributed by atoms with E-state index in [0.29, 0.717) is 0 Å². The molecule has 2 heteroatoms. The smallest absolute Gasteiger partial charge is 0.143 e. The van der Waals surface area contributed by atoms with Crippen LogP contribution in [0.25, 0.3) is 22.2 Å². The van der Waals surface area contributed by atoms with Crippen LogP contribution < -0.4 is 4.74 Å². The van der Waals surface area contributed by atoms with E-state index in [0.717, 1.165) is 11.3 Å². The molecule has 2 aromatic carbocycles. The fourth-order valence-corrected chi connectivity index (χ4v) is 2.83. The lowest BCUT2D eigenvalue weighted by atomic mass is 10.1. The summed E-state index contributed by atoms with van der Waals surface area (Å²) in [7, 11) is 3.82. The first-order valence-electron chi connectivity index (χ1n) is 6.41. The molecule has 96 valence electrons. The second-order valence-electron chi connectivity index (χ2n) is 4.76. The number of benzene rings is 2. The average molecular weight is 251 g/mol. The quantitative estimate of drug-likeness (QED) is 0.667. The van der Waals surface area contributed by atoms with Crippen LogP contribution in [0.5, 0.6) is 5.75 Å². The summed E-state index contributed by atoms with van der Waals surface area (Å²) in [5.41, 5.74) is 4.94. The van der Waals surface area contributed by atoms with E-state index in [1.165, 1.54) is 22.2 Å². The molecule has 0 saturated carbocycles. The first-order valence-corrected chi connectivity index (χ1v) is 6.41. The molecule has 0 N–H and O–H groups in total. The van der Waals surface area contributed by atoms with E-state index >= 15 is 0 Å². The van der Waals surface area contributed by atoms with Crippen molar-refractivity contribution in [1.82, 2.24) is 4.57 Å². The standard InChI is InChI=1S/C17H17NO/c1-12-14-10-7-11-15(19-3)17(14)18(2)16(12)13-8-5-4-6-9-13/h4-11H,1-3H3. The number of rotatable bonds is 2. The molecular weight excluding hydrogens is 234 g/mol. The minimum Gasteiger partial charge on any atom is -0.495 e. The largest absolute Gasteiger partial charge is 0.495 e. The van der Waals surface area contributed by atoms with Crippen LogP contribution in [0.4, 0.5) is 0 Å². The number of aromatic nitrogens is 1. The van der Waals surface area contributed by atoms with Crippen molar-refractivity contribution in [3.63, 3.8) is 0 Å². The summed E-state index contributed by atoms with van der Waals surface area (Å²) in [6.45, 7) is 2.17. The SMILES string of the molecule is COc1cccc2c(C)c(-c3ccccc3)n(C)c12. The number of fused-ring (bicyclic) bond motifs is 1. The Balaban J connectivity index is 2.39. The molecule has 1 heterocycles. The van der Waals surface area contributed by atoms with E-state index < -0.39 is 0 Å². The Morgan fingerprint density at radius 2 is 1.68 bits per heavy atom. The van der Waals surface area contributed by atoms with Crippen LogP contribution in [0, 0.1) is 6.92 Å². The van der Waals surface area contributed by atoms with Gasteiger partial charge in [0.2, 0.25) is 0 Å². The van der Waals surface area contributed by atoms with Gasteiger partial charge in [-0.15, -0.1) is 0 Å². The Labute approximate surface area is 113 Å². The van der Waals surface area contributed by atoms with Crippen LogP contribution in [0.3, 0.4) is 0 Å². The van der Waals surface area contributed by atoms with Crippen molar-refractivity contribution in [2.45, 2.75) is 6.92 Å². The van der Waals surface area contributed by atoms with Gasteiger partial charge in [0, 0.05) is 12.4 Å². The summed E-state index contributed by atoms with van der Waals surface area (Å²) in [6.07, 6.45) is 0. The van der Waals surface area contributed by atoms with Crippen molar-refractivity contribution in [1.29, 1.82) is 0 Å². The van der Waals surface area contributed by atoms with Crippen molar-refractivity contribution in [3.05, 3.63) is 54.1 Å². The molecule has 0 bridgehead atoms. The van der Waals surface area contributed by atoms with Crippen molar-refractivity contribution in [2.24, 2.45) is 7.05 Å². The van der Waals surface area contributed by atoms with Gasteiger partial charge in [-0.25, -0.2) is 0 Å². The van der Waals surface area contributed by atoms with Gasteiger partial charge in [-0.3, -0.25) is 0 Å². The van der Waals surface area contributed by atoms with Crippen LogP contribution in [-0.4, -0.2) is 11.7 Å². The van der Waals surface area contributed by atoms with Gasteiger partial charge in [0.1, 0.15) is 5.75 Å². The number of methoxy groups -OCH3 is 1. The predicted molar refractivity (Wildman–Crippen MR) is 79.6 cm³/mol. The molecule has 0 atom stereocenters. The zero-order chi connectivity index (χ0) is 13.4. The molecular formula is C17H17NO. The number of para-hydroxylation sites is 1. The number of aryl methyl sites for hydroxylation is 2. The Morgan fingerprint density at radius 3 is 2.37 bits per heavy atom. The lowest BCUT2D eigenvalue weighted by Crippen LogP contribution is -1.94. The number of ether oxygens (including phenoxy) is 1. The maximum absolute atomic E-state index is 5.49. The summed E-state index contributed by atoms with van der Waals surface area (Å²) in [5, 5.41) is 1.25. The molecule has 3 rings (SSSR count). The lowest BCUT2D eigenvalue weighted by molar-refractivity contribution is 0.418. The highest BCUT2D eigenvalue weighted by Crippen LogP contribution is 2.36. The van der Waals surface area contributed by atoms with Crippen molar-refractivity contribution in [2.75, 3.05) is 7.11 Å². The monoisotopic (exact) mass is 251 g/mol. The molecule has 0 radical (unpaired) electrons. The first kappa shape index (κ1) is 11.8. The van der Waals surface area contributed by atoms with Gasteiger partial charge in [-0.05, 0) is 24.1 Å². The Hall–Kier alpha value is -2.22. The fourth-order valence-electron chi connectivity index (χ4n) is 2.83. The van der Waals surface area contributed by atoms with Crippen LogP contribution in [-0.2, 0) is 7.05 Å². The maximum atomic E-state index is 5.49. The van der Waals surface area contributed by atoms with Crippen molar-refractivity contribution in [3.8, 4) is 17.0 Å². The second kappa shape index (κ2) is 4.47. The molecule has 19 heavy (non-hydrogen) atoms. The topological polar surface area (TPSA) is 14.2 Å². The summed E-state index contributed by atoms with van der Waals surface area (Å²) < 4.78 is 7.71. The molecule has 0 spiro atoms. The van der Waals surface area contributed by atoms with Gasteiger partial charge in [0.25, 0.3) is 0 Å². The highest BCUT2D eigenvalue weighted by Gasteiger charge is 2.15. The molecule has 0 unspecified atom stereocenters. The number of nitrogens with zero attached hydrogens (tertiary/aromatic N) is 1. The van der Waals surface area contributed by atoms with Crippen LogP contribution >= 0.6 is 0 Å². The third-order valence-corrected chi connectivity index (χ3v) is 3.70. The third kappa shape index (κ3) is 1.72. The van der Waals surface area contributed by atoms with Gasteiger partial charge >= 0.3 is 0 Å². The van der Waals surface area contributed by atoms with E-state index in [1.807, 2.05) is 18.2 Å². The van der Waals surface area contributed by atoms with Gasteiger partial charge in [0.05, 0.1) is 18.3 Å². The van der Waals surface area contributed by atoms with Gasteiger partial charge in [-0.1, -0.05) is 42.5 Å². The van der Waals surface area contributed by atoms with Crippen molar-refractivity contribution >= 4 is 10.9 Å². The fraction of sp³-hybridized carbons (Fsp3) is 0.176. The minimum atomic E-state index is 0.922. The van der Waals surface area contributed by atoms with Gasteiger partial charge in [-0.2, -0.15) is 0 Å². The summed E-state index contributed by atoms with van der Waals surface area (Å²) in [4.78, 5) is 0. The minimum absolute atomic E-state index is 0.922. The van der Waals surface area contributed by atoms with Gasteiger partial charge in [0.15, 0.2) is 0 Å². The zero-order valence-electron chi connectivity index (χ0n) is 11.5. The van der Waals surface area contributed by atoms with Crippen LogP contribution in [0.2, 0.25) is 0 Å². The lowest BCUT2D eigenvalue weighted by Gasteiger charge is -2.07. The third-order valence-electron chi connectivity index (χ3n) is 3.70. The maximum Gasteiger partial charge on any atom is 0.143 e. The molecule has 0 saturated heterocycles. The molecule has 1 aromatic heterocycles. The summed E-state index contributed by atoms with van der Waals surface area (Å²) >= 11 is 0.